The quantitative estimate of drug-likeness (QED) is 0.789. The molecule has 3 rings (SSSR count). The zero-order valence-corrected chi connectivity index (χ0v) is 12.0. The molecule has 1 atom stereocenters. The van der Waals surface area contributed by atoms with Crippen molar-refractivity contribution < 1.29 is 0 Å². The zero-order valence-electron chi connectivity index (χ0n) is 10.4. The molecule has 0 fully saturated rings. The minimum atomic E-state index is 0.378. The van der Waals surface area contributed by atoms with Gasteiger partial charge in [0.25, 0.3) is 0 Å². The van der Waals surface area contributed by atoms with E-state index in [4.69, 9.17) is 0 Å². The summed E-state index contributed by atoms with van der Waals surface area (Å²) < 4.78 is 2.07. The summed E-state index contributed by atoms with van der Waals surface area (Å²) in [5, 5.41) is 5.57. The molecule has 94 valence electrons. The van der Waals surface area contributed by atoms with E-state index < -0.39 is 0 Å². The Morgan fingerprint density at radius 1 is 1.44 bits per heavy atom. The topological polar surface area (TPSA) is 29.3 Å². The molecule has 0 aliphatic carbocycles. The number of nitrogens with one attached hydrogen (secondary N) is 1. The van der Waals surface area contributed by atoms with E-state index in [2.05, 4.69) is 52.3 Å². The van der Waals surface area contributed by atoms with E-state index in [0.717, 1.165) is 17.2 Å². The van der Waals surface area contributed by atoms with E-state index in [0.29, 0.717) is 6.04 Å². The number of aromatic nitrogens is 2. The smallest absolute Gasteiger partial charge is 0.193 e. The van der Waals surface area contributed by atoms with Gasteiger partial charge in [-0.25, -0.2) is 4.98 Å². The van der Waals surface area contributed by atoms with Crippen LogP contribution in [0.25, 0.3) is 4.96 Å². The average molecular weight is 277 g/mol. The molecule has 0 saturated heterocycles. The van der Waals surface area contributed by atoms with Crippen LogP contribution in [-0.4, -0.2) is 9.38 Å². The minimum Gasteiger partial charge on any atom is -0.304 e. The summed E-state index contributed by atoms with van der Waals surface area (Å²) >= 11 is 3.52. The van der Waals surface area contributed by atoms with Crippen molar-refractivity contribution in [1.29, 1.82) is 0 Å². The van der Waals surface area contributed by atoms with E-state index >= 15 is 0 Å². The first-order chi connectivity index (χ1) is 8.72. The van der Waals surface area contributed by atoms with Crippen LogP contribution in [-0.2, 0) is 6.54 Å². The second-order valence-electron chi connectivity index (χ2n) is 4.38. The summed E-state index contributed by atoms with van der Waals surface area (Å²) in [6.07, 6.45) is 4.13. The standard InChI is InChI=1S/C13H15N3S2/c1-9-3-4-12(18-9)10(2)14-7-11-8-16-5-6-17-13(16)15-11/h3-6,8,10,14H,7H2,1-2H3. The molecule has 18 heavy (non-hydrogen) atoms. The zero-order chi connectivity index (χ0) is 12.5. The molecule has 0 spiro atoms. The van der Waals surface area contributed by atoms with E-state index in [1.54, 1.807) is 11.3 Å². The third-order valence-electron chi connectivity index (χ3n) is 2.92. The van der Waals surface area contributed by atoms with Crippen LogP contribution in [0.4, 0.5) is 0 Å². The van der Waals surface area contributed by atoms with Crippen LogP contribution in [0.15, 0.2) is 29.9 Å². The van der Waals surface area contributed by atoms with Gasteiger partial charge in [0.05, 0.1) is 5.69 Å². The molecular weight excluding hydrogens is 262 g/mol. The molecule has 0 aromatic carbocycles. The normalized spacial score (nSPS) is 13.2. The highest BCUT2D eigenvalue weighted by molar-refractivity contribution is 7.15. The Morgan fingerprint density at radius 3 is 3.06 bits per heavy atom. The van der Waals surface area contributed by atoms with Crippen molar-refractivity contribution in [2.75, 3.05) is 0 Å². The number of imidazole rings is 1. The van der Waals surface area contributed by atoms with Gasteiger partial charge in [-0.15, -0.1) is 22.7 Å². The second kappa shape index (κ2) is 4.84. The monoisotopic (exact) mass is 277 g/mol. The number of fused-ring (bicyclic) bond motifs is 1. The summed E-state index contributed by atoms with van der Waals surface area (Å²) in [6, 6.07) is 4.75. The summed E-state index contributed by atoms with van der Waals surface area (Å²) in [7, 11) is 0. The number of hydrogen-bond donors (Lipinski definition) is 1. The van der Waals surface area contributed by atoms with Crippen molar-refractivity contribution in [1.82, 2.24) is 14.7 Å². The molecule has 0 saturated carbocycles. The van der Waals surface area contributed by atoms with Crippen LogP contribution in [0.5, 0.6) is 0 Å². The largest absolute Gasteiger partial charge is 0.304 e. The number of hydrogen-bond acceptors (Lipinski definition) is 4. The Hall–Kier alpha value is -1.17. The van der Waals surface area contributed by atoms with Gasteiger partial charge in [0, 0.05) is 40.1 Å². The van der Waals surface area contributed by atoms with Crippen molar-refractivity contribution in [3.63, 3.8) is 0 Å². The molecular formula is C13H15N3S2. The number of rotatable bonds is 4. The Bertz CT molecular complexity index is 621. The molecule has 0 aliphatic heterocycles. The van der Waals surface area contributed by atoms with Gasteiger partial charge in [-0.05, 0) is 26.0 Å². The molecule has 3 aromatic rings. The number of nitrogens with zero attached hydrogens (tertiary/aromatic N) is 2. The molecule has 0 aliphatic rings. The van der Waals surface area contributed by atoms with E-state index in [1.807, 2.05) is 17.5 Å². The van der Waals surface area contributed by atoms with Crippen molar-refractivity contribution in [3.05, 3.63) is 45.4 Å². The minimum absolute atomic E-state index is 0.378. The van der Waals surface area contributed by atoms with Gasteiger partial charge in [-0.3, -0.25) is 4.40 Å². The maximum Gasteiger partial charge on any atom is 0.193 e. The molecule has 1 N–H and O–H groups in total. The highest BCUT2D eigenvalue weighted by Gasteiger charge is 2.08. The van der Waals surface area contributed by atoms with Gasteiger partial charge >= 0.3 is 0 Å². The van der Waals surface area contributed by atoms with Crippen LogP contribution in [0.3, 0.4) is 0 Å². The molecule has 0 bridgehead atoms. The molecule has 3 heterocycles. The van der Waals surface area contributed by atoms with E-state index in [1.165, 1.54) is 9.75 Å². The third kappa shape index (κ3) is 2.34. The molecule has 3 aromatic heterocycles. The van der Waals surface area contributed by atoms with Crippen molar-refractivity contribution >= 4 is 27.6 Å². The number of aryl methyl sites for hydroxylation is 1. The summed E-state index contributed by atoms with van der Waals surface area (Å²) in [6.45, 7) is 5.15. The van der Waals surface area contributed by atoms with Crippen LogP contribution < -0.4 is 5.32 Å². The lowest BCUT2D eigenvalue weighted by molar-refractivity contribution is 0.577. The summed E-state index contributed by atoms with van der Waals surface area (Å²) in [5.74, 6) is 0. The van der Waals surface area contributed by atoms with Gasteiger partial charge in [-0.2, -0.15) is 0 Å². The van der Waals surface area contributed by atoms with Gasteiger partial charge in [0.15, 0.2) is 4.96 Å². The maximum absolute atomic E-state index is 4.57. The molecule has 0 radical (unpaired) electrons. The lowest BCUT2D eigenvalue weighted by Gasteiger charge is -2.10. The Labute approximate surface area is 114 Å². The first kappa shape index (κ1) is 11.9. The lowest BCUT2D eigenvalue weighted by atomic mass is 10.2. The van der Waals surface area contributed by atoms with Crippen LogP contribution in [0.1, 0.15) is 28.4 Å². The van der Waals surface area contributed by atoms with Gasteiger partial charge in [0.2, 0.25) is 0 Å². The second-order valence-corrected chi connectivity index (χ2v) is 6.57. The number of thiophene rings is 1. The van der Waals surface area contributed by atoms with E-state index in [-0.39, 0.29) is 0 Å². The summed E-state index contributed by atoms with van der Waals surface area (Å²) in [5.41, 5.74) is 1.10. The average Bonchev–Trinajstić information content (AvgIpc) is 3.00. The SMILES string of the molecule is Cc1ccc(C(C)NCc2cn3ccsc3n2)s1. The fourth-order valence-electron chi connectivity index (χ4n) is 1.91. The van der Waals surface area contributed by atoms with Crippen molar-refractivity contribution in [2.45, 2.75) is 26.4 Å². The Balaban J connectivity index is 1.65. The first-order valence-electron chi connectivity index (χ1n) is 5.93. The van der Waals surface area contributed by atoms with Gasteiger partial charge < -0.3 is 5.32 Å². The molecule has 3 nitrogen and oxygen atoms in total. The Morgan fingerprint density at radius 2 is 2.33 bits per heavy atom. The van der Waals surface area contributed by atoms with Gasteiger partial charge in [0.1, 0.15) is 0 Å². The highest BCUT2D eigenvalue weighted by Crippen LogP contribution is 2.22. The van der Waals surface area contributed by atoms with Gasteiger partial charge in [-0.1, -0.05) is 0 Å². The fraction of sp³-hybridized carbons (Fsp3) is 0.308. The maximum atomic E-state index is 4.57. The predicted molar refractivity (Wildman–Crippen MR) is 77.4 cm³/mol. The van der Waals surface area contributed by atoms with E-state index in [9.17, 15) is 0 Å². The predicted octanol–water partition coefficient (Wildman–Crippen LogP) is 3.62. The molecule has 0 amide bonds. The van der Waals surface area contributed by atoms with Crippen molar-refractivity contribution in [2.24, 2.45) is 0 Å². The lowest BCUT2D eigenvalue weighted by Crippen LogP contribution is -2.17. The molecule has 5 heteroatoms. The van der Waals surface area contributed by atoms with Crippen LogP contribution in [0, 0.1) is 6.92 Å². The van der Waals surface area contributed by atoms with Crippen molar-refractivity contribution in [3.8, 4) is 0 Å². The first-order valence-corrected chi connectivity index (χ1v) is 7.63. The molecule has 1 unspecified atom stereocenters. The fourth-order valence-corrected chi connectivity index (χ4v) is 3.53. The summed E-state index contributed by atoms with van der Waals surface area (Å²) in [4.78, 5) is 8.37. The van der Waals surface area contributed by atoms with Crippen LogP contribution >= 0.6 is 22.7 Å². The third-order valence-corrected chi connectivity index (χ3v) is 4.87. The number of thiazole rings is 1. The highest BCUT2D eigenvalue weighted by atomic mass is 32.1. The van der Waals surface area contributed by atoms with Crippen LogP contribution in [0.2, 0.25) is 0 Å². The Kier molecular flexibility index (Phi) is 3.20.